The molecule has 0 radical (unpaired) electrons. The quantitative estimate of drug-likeness (QED) is 0.386. The Morgan fingerprint density at radius 2 is 1.50 bits per heavy atom. The van der Waals surface area contributed by atoms with Gasteiger partial charge in [-0.3, -0.25) is 4.79 Å². The number of hydrogen-bond donors (Lipinski definition) is 0. The van der Waals surface area contributed by atoms with Crippen LogP contribution in [-0.4, -0.2) is 56.3 Å². The molecule has 1 amide bonds. The molecular weight excluding hydrogens is 548 g/mol. The molecule has 4 rings (SSSR count). The lowest BCUT2D eigenvalue weighted by Gasteiger charge is -2.37. The molecule has 1 heterocycles. The Balaban J connectivity index is 1.51. The minimum absolute atomic E-state index is 0.0286. The molecular formula is C25H23Cl3FN3O3S. The van der Waals surface area contributed by atoms with Gasteiger partial charge in [-0.15, -0.1) is 0 Å². The summed E-state index contributed by atoms with van der Waals surface area (Å²) in [5, 5.41) is 1.05. The van der Waals surface area contributed by atoms with Crippen molar-refractivity contribution in [3.8, 4) is 0 Å². The van der Waals surface area contributed by atoms with Gasteiger partial charge in [0.15, 0.2) is 0 Å². The Hall–Kier alpha value is -2.36. The van der Waals surface area contributed by atoms with E-state index in [9.17, 15) is 17.6 Å². The third-order valence-electron chi connectivity index (χ3n) is 5.93. The zero-order chi connectivity index (χ0) is 25.9. The number of carbonyl (C=O) groups is 1. The van der Waals surface area contributed by atoms with Gasteiger partial charge in [-0.05, 0) is 66.2 Å². The van der Waals surface area contributed by atoms with Gasteiger partial charge in [0, 0.05) is 43.4 Å². The number of nitrogens with zero attached hydrogens (tertiary/aromatic N) is 3. The van der Waals surface area contributed by atoms with Crippen LogP contribution in [0.25, 0.3) is 0 Å². The summed E-state index contributed by atoms with van der Waals surface area (Å²) >= 11 is 18.1. The van der Waals surface area contributed by atoms with Gasteiger partial charge in [-0.2, -0.15) is 4.31 Å². The number of carbonyl (C=O) groups excluding carboxylic acids is 1. The largest absolute Gasteiger partial charge is 0.368 e. The monoisotopic (exact) mass is 569 g/mol. The fourth-order valence-electron chi connectivity index (χ4n) is 3.94. The van der Waals surface area contributed by atoms with Crippen molar-refractivity contribution in [2.75, 3.05) is 37.6 Å². The minimum atomic E-state index is -4.03. The summed E-state index contributed by atoms with van der Waals surface area (Å²) in [6.45, 7) is 1.52. The predicted octanol–water partition coefficient (Wildman–Crippen LogP) is 5.33. The maximum atomic E-state index is 13.5. The second-order valence-corrected chi connectivity index (χ2v) is 11.5. The summed E-state index contributed by atoms with van der Waals surface area (Å²) in [6, 6.07) is 16.8. The average Bonchev–Trinajstić information content (AvgIpc) is 2.86. The normalized spacial score (nSPS) is 14.4. The summed E-state index contributed by atoms with van der Waals surface area (Å²) < 4.78 is 41.4. The highest BCUT2D eigenvalue weighted by Crippen LogP contribution is 2.26. The summed E-state index contributed by atoms with van der Waals surface area (Å²) in [5.41, 5.74) is 1.46. The van der Waals surface area contributed by atoms with E-state index in [1.165, 1.54) is 36.4 Å². The third-order valence-corrected chi connectivity index (χ3v) is 8.73. The van der Waals surface area contributed by atoms with Crippen molar-refractivity contribution >= 4 is 56.4 Å². The number of sulfonamides is 1. The van der Waals surface area contributed by atoms with E-state index < -0.39 is 10.0 Å². The molecule has 0 atom stereocenters. The Labute approximate surface area is 224 Å². The summed E-state index contributed by atoms with van der Waals surface area (Å²) in [7, 11) is -4.03. The molecule has 6 nitrogen and oxygen atoms in total. The van der Waals surface area contributed by atoms with E-state index in [2.05, 4.69) is 4.90 Å². The van der Waals surface area contributed by atoms with Crippen LogP contribution in [0.2, 0.25) is 15.1 Å². The van der Waals surface area contributed by atoms with Crippen molar-refractivity contribution in [1.29, 1.82) is 0 Å². The van der Waals surface area contributed by atoms with Crippen LogP contribution in [0.15, 0.2) is 71.6 Å². The third kappa shape index (κ3) is 6.30. The first-order chi connectivity index (χ1) is 17.1. The number of rotatable bonds is 7. The van der Waals surface area contributed by atoms with Crippen molar-refractivity contribution in [3.05, 3.63) is 93.2 Å². The topological polar surface area (TPSA) is 60.9 Å². The van der Waals surface area contributed by atoms with Crippen LogP contribution in [0, 0.1) is 5.82 Å². The highest BCUT2D eigenvalue weighted by atomic mass is 35.5. The number of benzene rings is 3. The molecule has 0 unspecified atom stereocenters. The molecule has 0 saturated carbocycles. The van der Waals surface area contributed by atoms with Gasteiger partial charge in [0.1, 0.15) is 5.82 Å². The van der Waals surface area contributed by atoms with Crippen molar-refractivity contribution in [3.63, 3.8) is 0 Å². The summed E-state index contributed by atoms with van der Waals surface area (Å²) in [5.74, 6) is -0.622. The van der Waals surface area contributed by atoms with Gasteiger partial charge in [-0.25, -0.2) is 12.8 Å². The molecule has 0 N–H and O–H groups in total. The molecule has 0 aliphatic carbocycles. The van der Waals surface area contributed by atoms with Gasteiger partial charge in [0.05, 0.1) is 21.5 Å². The van der Waals surface area contributed by atoms with Crippen LogP contribution in [-0.2, 0) is 21.4 Å². The zero-order valence-corrected chi connectivity index (χ0v) is 22.2. The predicted molar refractivity (Wildman–Crippen MR) is 141 cm³/mol. The van der Waals surface area contributed by atoms with E-state index in [0.717, 1.165) is 9.99 Å². The van der Waals surface area contributed by atoms with E-state index in [0.29, 0.717) is 46.8 Å². The Morgan fingerprint density at radius 3 is 2.11 bits per heavy atom. The molecule has 11 heteroatoms. The van der Waals surface area contributed by atoms with Gasteiger partial charge >= 0.3 is 0 Å². The number of hydrogen-bond acceptors (Lipinski definition) is 4. The first kappa shape index (κ1) is 26.7. The van der Waals surface area contributed by atoms with Crippen LogP contribution in [0.3, 0.4) is 0 Å². The Kier molecular flexibility index (Phi) is 8.42. The standard InChI is InChI=1S/C25H23Cl3FN3O3S/c26-19-2-8-22(9-3-19)36(34,35)32(16-18-1-10-23(27)24(28)15-18)17-25(33)31-13-11-30(12-14-31)21-6-4-20(29)5-7-21/h1-10,15H,11-14,16-17H2. The van der Waals surface area contributed by atoms with E-state index in [-0.39, 0.29) is 29.7 Å². The first-order valence-electron chi connectivity index (χ1n) is 11.1. The lowest BCUT2D eigenvalue weighted by molar-refractivity contribution is -0.131. The fourth-order valence-corrected chi connectivity index (χ4v) is 5.76. The summed E-state index contributed by atoms with van der Waals surface area (Å²) in [6.07, 6.45) is 0. The van der Waals surface area contributed by atoms with Crippen molar-refractivity contribution in [2.45, 2.75) is 11.4 Å². The summed E-state index contributed by atoms with van der Waals surface area (Å²) in [4.78, 5) is 16.9. The van der Waals surface area contributed by atoms with Crippen LogP contribution >= 0.6 is 34.8 Å². The molecule has 1 fully saturated rings. The first-order valence-corrected chi connectivity index (χ1v) is 13.7. The van der Waals surface area contributed by atoms with Gasteiger partial charge in [0.25, 0.3) is 0 Å². The fraction of sp³-hybridized carbons (Fsp3) is 0.240. The Bertz CT molecular complexity index is 1330. The SMILES string of the molecule is O=C(CN(Cc1ccc(Cl)c(Cl)c1)S(=O)(=O)c1ccc(Cl)cc1)N1CCN(c2ccc(F)cc2)CC1. The van der Waals surface area contributed by atoms with E-state index in [4.69, 9.17) is 34.8 Å². The highest BCUT2D eigenvalue weighted by molar-refractivity contribution is 7.89. The average molecular weight is 571 g/mol. The molecule has 36 heavy (non-hydrogen) atoms. The molecule has 1 aliphatic heterocycles. The van der Waals surface area contributed by atoms with Crippen LogP contribution < -0.4 is 4.90 Å². The molecule has 3 aromatic carbocycles. The van der Waals surface area contributed by atoms with Gasteiger partial charge in [0.2, 0.25) is 15.9 Å². The maximum absolute atomic E-state index is 13.5. The van der Waals surface area contributed by atoms with Crippen LogP contribution in [0.1, 0.15) is 5.56 Å². The molecule has 0 aromatic heterocycles. The molecule has 3 aromatic rings. The maximum Gasteiger partial charge on any atom is 0.243 e. The number of anilines is 1. The van der Waals surface area contributed by atoms with Gasteiger partial charge < -0.3 is 9.80 Å². The lowest BCUT2D eigenvalue weighted by Crippen LogP contribution is -2.51. The number of amides is 1. The molecule has 0 spiro atoms. The van der Waals surface area contributed by atoms with E-state index in [1.807, 2.05) is 0 Å². The molecule has 190 valence electrons. The number of halogens is 4. The second kappa shape index (κ2) is 11.4. The van der Waals surface area contributed by atoms with Crippen LogP contribution in [0.5, 0.6) is 0 Å². The second-order valence-electron chi connectivity index (χ2n) is 8.32. The minimum Gasteiger partial charge on any atom is -0.368 e. The Morgan fingerprint density at radius 1 is 0.861 bits per heavy atom. The zero-order valence-electron chi connectivity index (χ0n) is 19.1. The van der Waals surface area contributed by atoms with E-state index >= 15 is 0 Å². The molecule has 1 saturated heterocycles. The van der Waals surface area contributed by atoms with Crippen LogP contribution in [0.4, 0.5) is 10.1 Å². The smallest absolute Gasteiger partial charge is 0.243 e. The van der Waals surface area contributed by atoms with Crippen molar-refractivity contribution in [1.82, 2.24) is 9.21 Å². The molecule has 0 bridgehead atoms. The number of piperazine rings is 1. The highest BCUT2D eigenvalue weighted by Gasteiger charge is 2.30. The molecule has 1 aliphatic rings. The van der Waals surface area contributed by atoms with Crippen molar-refractivity contribution in [2.24, 2.45) is 0 Å². The van der Waals surface area contributed by atoms with E-state index in [1.54, 1.807) is 35.2 Å². The lowest BCUT2D eigenvalue weighted by atomic mass is 10.2. The van der Waals surface area contributed by atoms with Crippen molar-refractivity contribution < 1.29 is 17.6 Å². The van der Waals surface area contributed by atoms with Gasteiger partial charge in [-0.1, -0.05) is 40.9 Å².